The van der Waals surface area contributed by atoms with Crippen LogP contribution in [0.5, 0.6) is 0 Å². The number of amides is 1. The molecule has 1 aliphatic rings. The first-order chi connectivity index (χ1) is 11.6. The molecule has 0 saturated carbocycles. The van der Waals surface area contributed by atoms with E-state index in [0.717, 1.165) is 39.1 Å². The number of fused-ring (bicyclic) bond motifs is 3. The zero-order valence-electron chi connectivity index (χ0n) is 12.6. The summed E-state index contributed by atoms with van der Waals surface area (Å²) >= 11 is 0. The summed E-state index contributed by atoms with van der Waals surface area (Å²) in [5, 5.41) is 11.3. The van der Waals surface area contributed by atoms with E-state index in [-0.39, 0.29) is 5.57 Å². The average Bonchev–Trinajstić information content (AvgIpc) is 2.90. The van der Waals surface area contributed by atoms with Crippen molar-refractivity contribution in [3.8, 4) is 22.3 Å². The lowest BCUT2D eigenvalue weighted by Gasteiger charge is -2.09. The third kappa shape index (κ3) is 1.93. The molecule has 0 aliphatic heterocycles. The summed E-state index contributed by atoms with van der Waals surface area (Å²) in [6, 6.07) is 17.5. The zero-order valence-corrected chi connectivity index (χ0v) is 12.6. The van der Waals surface area contributed by atoms with Gasteiger partial charge in [0, 0.05) is 6.08 Å². The predicted octanol–water partition coefficient (Wildman–Crippen LogP) is 3.44. The van der Waals surface area contributed by atoms with Crippen LogP contribution < -0.4 is 5.73 Å². The number of carboxylic acid groups (broad SMARTS) is 1. The van der Waals surface area contributed by atoms with Gasteiger partial charge in [-0.3, -0.25) is 4.79 Å². The highest BCUT2D eigenvalue weighted by atomic mass is 16.4. The van der Waals surface area contributed by atoms with Crippen LogP contribution in [-0.4, -0.2) is 17.0 Å². The van der Waals surface area contributed by atoms with Crippen LogP contribution in [0.25, 0.3) is 38.6 Å². The van der Waals surface area contributed by atoms with Crippen LogP contribution in [0.2, 0.25) is 0 Å². The predicted molar refractivity (Wildman–Crippen MR) is 93.2 cm³/mol. The van der Waals surface area contributed by atoms with E-state index in [0.29, 0.717) is 5.56 Å². The van der Waals surface area contributed by atoms with Gasteiger partial charge in [-0.05, 0) is 38.6 Å². The normalized spacial score (nSPS) is 12.2. The van der Waals surface area contributed by atoms with E-state index in [1.54, 1.807) is 6.07 Å². The SMILES string of the molecule is NC(=O)/C=C(/C(=O)O)c1ccc2c3c(cccc13)-c1ccccc1-2. The number of nitrogens with two attached hydrogens (primary N) is 1. The standard InChI is InChI=1S/C20H13NO3/c21-18(22)10-17(20(23)24)13-8-9-16-12-5-2-1-4-11(12)14-6-3-7-15(13)19(14)16/h1-10H,(H2,21,22)(H,23,24)/b17-10+. The molecule has 3 N–H and O–H groups in total. The summed E-state index contributed by atoms with van der Waals surface area (Å²) in [6.07, 6.45) is 0.967. The van der Waals surface area contributed by atoms with Gasteiger partial charge in [0.2, 0.25) is 5.91 Å². The number of benzene rings is 3. The van der Waals surface area contributed by atoms with Gasteiger partial charge in [-0.15, -0.1) is 0 Å². The van der Waals surface area contributed by atoms with Crippen molar-refractivity contribution in [1.82, 2.24) is 0 Å². The minimum atomic E-state index is -1.18. The minimum Gasteiger partial charge on any atom is -0.478 e. The Bertz CT molecular complexity index is 1030. The Labute approximate surface area is 137 Å². The highest BCUT2D eigenvalue weighted by molar-refractivity contribution is 6.26. The number of carbonyl (C=O) groups is 2. The van der Waals surface area contributed by atoms with Crippen molar-refractivity contribution >= 4 is 28.2 Å². The van der Waals surface area contributed by atoms with Gasteiger partial charge in [0.25, 0.3) is 0 Å². The summed E-state index contributed by atoms with van der Waals surface area (Å²) < 4.78 is 0. The van der Waals surface area contributed by atoms with Gasteiger partial charge in [-0.2, -0.15) is 0 Å². The molecule has 4 nitrogen and oxygen atoms in total. The largest absolute Gasteiger partial charge is 0.478 e. The summed E-state index contributed by atoms with van der Waals surface area (Å²) in [5.41, 5.74) is 9.98. The molecule has 3 aromatic carbocycles. The molecule has 0 fully saturated rings. The van der Waals surface area contributed by atoms with Gasteiger partial charge in [0.1, 0.15) is 0 Å². The van der Waals surface area contributed by atoms with E-state index in [9.17, 15) is 14.7 Å². The fourth-order valence-corrected chi connectivity index (χ4v) is 3.44. The number of hydrogen-bond acceptors (Lipinski definition) is 2. The fraction of sp³-hybridized carbons (Fsp3) is 0. The number of hydrogen-bond donors (Lipinski definition) is 2. The molecule has 0 unspecified atom stereocenters. The molecule has 24 heavy (non-hydrogen) atoms. The van der Waals surface area contributed by atoms with Crippen LogP contribution in [0.1, 0.15) is 5.56 Å². The zero-order chi connectivity index (χ0) is 16.8. The average molecular weight is 315 g/mol. The Morgan fingerprint density at radius 2 is 1.46 bits per heavy atom. The van der Waals surface area contributed by atoms with E-state index in [1.807, 2.05) is 36.4 Å². The smallest absolute Gasteiger partial charge is 0.336 e. The number of carboxylic acids is 1. The van der Waals surface area contributed by atoms with Gasteiger partial charge < -0.3 is 10.8 Å². The van der Waals surface area contributed by atoms with Gasteiger partial charge in [-0.1, -0.05) is 54.6 Å². The van der Waals surface area contributed by atoms with Crippen LogP contribution in [0, 0.1) is 0 Å². The van der Waals surface area contributed by atoms with E-state index in [1.165, 1.54) is 0 Å². The van der Waals surface area contributed by atoms with E-state index in [2.05, 4.69) is 12.1 Å². The second-order valence-electron chi connectivity index (χ2n) is 5.70. The molecule has 4 rings (SSSR count). The van der Waals surface area contributed by atoms with Crippen molar-refractivity contribution in [3.63, 3.8) is 0 Å². The van der Waals surface area contributed by atoms with E-state index >= 15 is 0 Å². The van der Waals surface area contributed by atoms with Crippen molar-refractivity contribution in [2.45, 2.75) is 0 Å². The molecule has 116 valence electrons. The molecule has 1 aliphatic carbocycles. The highest BCUT2D eigenvalue weighted by Gasteiger charge is 2.24. The van der Waals surface area contributed by atoms with Crippen LogP contribution >= 0.6 is 0 Å². The second kappa shape index (κ2) is 5.06. The fourth-order valence-electron chi connectivity index (χ4n) is 3.44. The molecule has 0 radical (unpaired) electrons. The molecular formula is C20H13NO3. The van der Waals surface area contributed by atoms with Crippen molar-refractivity contribution in [2.75, 3.05) is 0 Å². The molecule has 4 heteroatoms. The lowest BCUT2D eigenvalue weighted by atomic mass is 9.94. The topological polar surface area (TPSA) is 80.4 Å². The van der Waals surface area contributed by atoms with Crippen molar-refractivity contribution in [1.29, 1.82) is 0 Å². The summed E-state index contributed by atoms with van der Waals surface area (Å²) in [6.45, 7) is 0. The molecule has 1 amide bonds. The van der Waals surface area contributed by atoms with E-state index in [4.69, 9.17) is 5.73 Å². The molecule has 0 saturated heterocycles. The Kier molecular flexibility index (Phi) is 3.00. The maximum atomic E-state index is 11.6. The maximum absolute atomic E-state index is 11.6. The lowest BCUT2D eigenvalue weighted by Crippen LogP contribution is -2.10. The Balaban J connectivity index is 2.09. The monoisotopic (exact) mass is 315 g/mol. The van der Waals surface area contributed by atoms with Gasteiger partial charge in [0.15, 0.2) is 0 Å². The van der Waals surface area contributed by atoms with Crippen LogP contribution in [-0.2, 0) is 9.59 Å². The van der Waals surface area contributed by atoms with Gasteiger partial charge >= 0.3 is 5.97 Å². The van der Waals surface area contributed by atoms with Crippen LogP contribution in [0.4, 0.5) is 0 Å². The van der Waals surface area contributed by atoms with Crippen molar-refractivity contribution in [2.24, 2.45) is 5.73 Å². The van der Waals surface area contributed by atoms with Crippen molar-refractivity contribution < 1.29 is 14.7 Å². The number of aliphatic carboxylic acids is 1. The van der Waals surface area contributed by atoms with Crippen molar-refractivity contribution in [3.05, 3.63) is 66.2 Å². The maximum Gasteiger partial charge on any atom is 0.336 e. The number of primary amides is 1. The summed E-state index contributed by atoms with van der Waals surface area (Å²) in [4.78, 5) is 22.8. The third-order valence-electron chi connectivity index (χ3n) is 4.36. The first-order valence-corrected chi connectivity index (χ1v) is 7.48. The van der Waals surface area contributed by atoms with Crippen LogP contribution in [0.15, 0.2) is 60.7 Å². The molecule has 0 aromatic heterocycles. The highest BCUT2D eigenvalue weighted by Crippen LogP contribution is 2.48. The molecule has 0 bridgehead atoms. The van der Waals surface area contributed by atoms with Gasteiger partial charge in [0.05, 0.1) is 5.57 Å². The number of rotatable bonds is 3. The molecule has 3 aromatic rings. The van der Waals surface area contributed by atoms with E-state index < -0.39 is 11.9 Å². The Morgan fingerprint density at radius 1 is 0.833 bits per heavy atom. The second-order valence-corrected chi connectivity index (χ2v) is 5.70. The summed E-state index contributed by atoms with van der Waals surface area (Å²) in [7, 11) is 0. The minimum absolute atomic E-state index is 0.0952. The van der Waals surface area contributed by atoms with Crippen LogP contribution in [0.3, 0.4) is 0 Å². The summed E-state index contributed by atoms with van der Waals surface area (Å²) in [5.74, 6) is -1.95. The Morgan fingerprint density at radius 3 is 2.08 bits per heavy atom. The Hall–Kier alpha value is -3.40. The third-order valence-corrected chi connectivity index (χ3v) is 4.36. The first-order valence-electron chi connectivity index (χ1n) is 7.48. The first kappa shape index (κ1) is 14.2. The molecular weight excluding hydrogens is 302 g/mol. The quantitative estimate of drug-likeness (QED) is 0.568. The van der Waals surface area contributed by atoms with Gasteiger partial charge in [-0.25, -0.2) is 4.79 Å². The molecule has 0 atom stereocenters. The molecule has 0 heterocycles. The molecule has 0 spiro atoms. The number of carbonyl (C=O) groups excluding carboxylic acids is 1. The lowest BCUT2D eigenvalue weighted by molar-refractivity contribution is -0.130.